The van der Waals surface area contributed by atoms with Gasteiger partial charge in [-0.3, -0.25) is 4.98 Å². The maximum Gasteiger partial charge on any atom is 0.175 e. The van der Waals surface area contributed by atoms with Crippen molar-refractivity contribution in [3.05, 3.63) is 52.5 Å². The van der Waals surface area contributed by atoms with Crippen molar-refractivity contribution >= 4 is 34.1 Å². The quantitative estimate of drug-likeness (QED) is 0.268. The Morgan fingerprint density at radius 1 is 0.958 bits per heavy atom. The molecule has 1 saturated carbocycles. The molecule has 1 saturated heterocycles. The molecule has 0 spiro atoms. The molecule has 2 aliphatic carbocycles. The maximum absolute atomic E-state index is 16.4. The molecule has 2 fully saturated rings. The van der Waals surface area contributed by atoms with E-state index in [4.69, 9.17) is 4.98 Å². The third-order valence-electron chi connectivity index (χ3n) is 9.66. The molecule has 8 heteroatoms. The van der Waals surface area contributed by atoms with Gasteiger partial charge in [0, 0.05) is 42.9 Å². The predicted octanol–water partition coefficient (Wildman–Crippen LogP) is 10.9. The van der Waals surface area contributed by atoms with Gasteiger partial charge in [-0.2, -0.15) is 11.8 Å². The summed E-state index contributed by atoms with van der Waals surface area (Å²) >= 11 is 1.88. The van der Waals surface area contributed by atoms with Gasteiger partial charge in [-0.15, -0.1) is 0 Å². The predicted molar refractivity (Wildman–Crippen MR) is 205 cm³/mol. The van der Waals surface area contributed by atoms with Gasteiger partial charge in [0.05, 0.1) is 5.39 Å². The van der Waals surface area contributed by atoms with Crippen LogP contribution in [0.15, 0.2) is 24.2 Å². The Labute approximate surface area is 294 Å². The van der Waals surface area contributed by atoms with E-state index in [-0.39, 0.29) is 11.5 Å². The van der Waals surface area contributed by atoms with Gasteiger partial charge < -0.3 is 10.2 Å². The van der Waals surface area contributed by atoms with Crippen LogP contribution in [0.5, 0.6) is 0 Å². The number of nitrogens with one attached hydrogen (secondary N) is 1. The van der Waals surface area contributed by atoms with Gasteiger partial charge in [0.15, 0.2) is 5.82 Å². The van der Waals surface area contributed by atoms with Crippen molar-refractivity contribution in [1.29, 1.82) is 0 Å². The van der Waals surface area contributed by atoms with Crippen molar-refractivity contribution in [3.8, 4) is 11.3 Å². The van der Waals surface area contributed by atoms with Crippen LogP contribution in [0.3, 0.4) is 0 Å². The van der Waals surface area contributed by atoms with Crippen molar-refractivity contribution in [1.82, 2.24) is 20.3 Å². The zero-order chi connectivity index (χ0) is 35.2. The number of fused-ring (bicyclic) bond motifs is 2. The zero-order valence-corrected chi connectivity index (χ0v) is 32.1. The molecule has 6 rings (SSSR count). The number of hydrogen-bond donors (Lipinski definition) is 1. The second-order valence-electron chi connectivity index (χ2n) is 12.8. The molecule has 3 aliphatic rings. The van der Waals surface area contributed by atoms with Gasteiger partial charge in [0.2, 0.25) is 0 Å². The third kappa shape index (κ3) is 9.77. The number of nitrogens with zero attached hydrogens (tertiary/aromatic N) is 4. The Balaban J connectivity index is 0.000000446. The smallest absolute Gasteiger partial charge is 0.175 e. The Morgan fingerprint density at radius 3 is 2.25 bits per heavy atom. The molecule has 0 bridgehead atoms. The van der Waals surface area contributed by atoms with E-state index in [0.717, 1.165) is 54.5 Å². The fraction of sp³-hybridized carbons (Fsp3) is 0.625. The highest BCUT2D eigenvalue weighted by atomic mass is 32.2. The lowest BCUT2D eigenvalue weighted by molar-refractivity contribution is 0.307. The third-order valence-corrected chi connectivity index (χ3v) is 10.7. The first kappa shape index (κ1) is 39.9. The second-order valence-corrected chi connectivity index (χ2v) is 13.9. The van der Waals surface area contributed by atoms with Crippen molar-refractivity contribution < 1.29 is 8.78 Å². The SMILES string of the molecule is CC.CCC1=C(F)CCc2cc(C)cc(-c3ncc4c(N5CCCCC(SC)C5)nc(CC)nc4c3F)c21.CCC1CCC1.CCNC. The maximum atomic E-state index is 16.4. The monoisotopic (exact) mass is 681 g/mol. The van der Waals surface area contributed by atoms with E-state index in [1.54, 1.807) is 6.20 Å². The summed E-state index contributed by atoms with van der Waals surface area (Å²) in [5.41, 5.74) is 4.76. The molecule has 2 aromatic heterocycles. The number of aryl methyl sites for hydroxylation is 3. The van der Waals surface area contributed by atoms with Crippen molar-refractivity contribution in [2.75, 3.05) is 37.8 Å². The summed E-state index contributed by atoms with van der Waals surface area (Å²) in [6.07, 6.45) is 15.5. The van der Waals surface area contributed by atoms with Crippen LogP contribution in [0.1, 0.15) is 122 Å². The minimum atomic E-state index is -0.448. The highest BCUT2D eigenvalue weighted by Crippen LogP contribution is 2.42. The fourth-order valence-corrected chi connectivity index (χ4v) is 7.30. The molecule has 0 radical (unpaired) electrons. The van der Waals surface area contributed by atoms with Crippen LogP contribution in [-0.4, -0.2) is 53.1 Å². The van der Waals surface area contributed by atoms with Gasteiger partial charge in [-0.05, 0) is 81.1 Å². The molecule has 1 aromatic carbocycles. The molecule has 1 N–H and O–H groups in total. The number of thioether (sulfide) groups is 1. The molecular formula is C40H61F2N5S. The van der Waals surface area contributed by atoms with Crippen LogP contribution in [0.2, 0.25) is 0 Å². The first-order chi connectivity index (χ1) is 23.3. The van der Waals surface area contributed by atoms with Gasteiger partial charge in [-0.1, -0.05) is 85.3 Å². The summed E-state index contributed by atoms with van der Waals surface area (Å²) in [4.78, 5) is 16.5. The first-order valence-electron chi connectivity index (χ1n) is 18.6. The summed E-state index contributed by atoms with van der Waals surface area (Å²) in [5.74, 6) is 1.98. The summed E-state index contributed by atoms with van der Waals surface area (Å²) < 4.78 is 31.3. The van der Waals surface area contributed by atoms with Gasteiger partial charge >= 0.3 is 0 Å². The fourth-order valence-electron chi connectivity index (χ4n) is 6.56. The van der Waals surface area contributed by atoms with Gasteiger partial charge in [0.25, 0.3) is 0 Å². The largest absolute Gasteiger partial charge is 0.355 e. The Morgan fingerprint density at radius 2 is 1.69 bits per heavy atom. The number of benzene rings is 1. The Hall–Kier alpha value is -2.58. The minimum Gasteiger partial charge on any atom is -0.355 e. The lowest BCUT2D eigenvalue weighted by atomic mass is 9.83. The normalized spacial score (nSPS) is 17.6. The average molecular weight is 682 g/mol. The molecule has 1 unspecified atom stereocenters. The number of halogens is 2. The number of anilines is 1. The van der Waals surface area contributed by atoms with Crippen LogP contribution in [0.4, 0.5) is 14.6 Å². The Bertz CT molecular complexity index is 1480. The second kappa shape index (κ2) is 20.2. The van der Waals surface area contributed by atoms with Crippen LogP contribution in [0.25, 0.3) is 27.7 Å². The summed E-state index contributed by atoms with van der Waals surface area (Å²) in [5, 5.41) is 4.10. The lowest BCUT2D eigenvalue weighted by Crippen LogP contribution is -2.30. The topological polar surface area (TPSA) is 53.9 Å². The summed E-state index contributed by atoms with van der Waals surface area (Å²) in [6, 6.07) is 4.03. The minimum absolute atomic E-state index is 0.0984. The standard InChI is InChI=1S/C29H34F2N4S.C6H12.C3H9N.C2H6/c1-5-20-23(30)11-10-18-13-17(3)14-21(25(18)20)27-26(31)28-22(15-32-27)29(34-24(6-2)33-28)35-12-8-7-9-19(16-35)36-4;1-2-6-4-3-5-6;1-3-4-2;1-2/h13-15,19H,5-12,16H2,1-4H3;6H,2-5H2,1H3;4H,3H2,1-2H3;1-2H3. The van der Waals surface area contributed by atoms with Crippen LogP contribution >= 0.6 is 11.8 Å². The molecule has 3 aromatic rings. The Kier molecular flexibility index (Phi) is 16.8. The number of hydrogen-bond acceptors (Lipinski definition) is 6. The number of allylic oxidation sites excluding steroid dienone is 2. The van der Waals surface area contributed by atoms with Crippen molar-refractivity contribution in [2.24, 2.45) is 5.92 Å². The van der Waals surface area contributed by atoms with Crippen LogP contribution in [0, 0.1) is 18.7 Å². The van der Waals surface area contributed by atoms with Crippen LogP contribution in [-0.2, 0) is 12.8 Å². The van der Waals surface area contributed by atoms with E-state index in [1.807, 2.05) is 59.5 Å². The van der Waals surface area contributed by atoms with E-state index in [2.05, 4.69) is 46.4 Å². The molecule has 266 valence electrons. The van der Waals surface area contributed by atoms with Crippen LogP contribution < -0.4 is 10.2 Å². The van der Waals surface area contributed by atoms with E-state index in [1.165, 1.54) is 38.5 Å². The lowest BCUT2D eigenvalue weighted by Gasteiger charge is -2.26. The van der Waals surface area contributed by atoms with E-state index < -0.39 is 5.82 Å². The summed E-state index contributed by atoms with van der Waals surface area (Å²) in [6.45, 7) is 17.1. The molecule has 1 atom stereocenters. The average Bonchev–Trinajstić information content (AvgIpc) is 3.35. The number of pyridine rings is 1. The van der Waals surface area contributed by atoms with Gasteiger partial charge in [0.1, 0.15) is 28.7 Å². The molecular weight excluding hydrogens is 621 g/mol. The van der Waals surface area contributed by atoms with Crippen molar-refractivity contribution in [2.45, 2.75) is 124 Å². The van der Waals surface area contributed by atoms with Gasteiger partial charge in [-0.25, -0.2) is 18.7 Å². The molecule has 48 heavy (non-hydrogen) atoms. The molecule has 1 aliphatic heterocycles. The number of rotatable bonds is 7. The molecule has 3 heterocycles. The molecule has 5 nitrogen and oxygen atoms in total. The highest BCUT2D eigenvalue weighted by Gasteiger charge is 2.27. The first-order valence-corrected chi connectivity index (χ1v) is 19.9. The summed E-state index contributed by atoms with van der Waals surface area (Å²) in [7, 11) is 1.93. The molecule has 0 amide bonds. The van der Waals surface area contributed by atoms with Crippen molar-refractivity contribution in [3.63, 3.8) is 0 Å². The van der Waals surface area contributed by atoms with E-state index >= 15 is 4.39 Å². The van der Waals surface area contributed by atoms with E-state index in [0.29, 0.717) is 58.8 Å². The van der Waals surface area contributed by atoms with E-state index in [9.17, 15) is 4.39 Å². The number of aromatic nitrogens is 3. The zero-order valence-electron chi connectivity index (χ0n) is 31.2. The highest BCUT2D eigenvalue weighted by molar-refractivity contribution is 7.99.